The van der Waals surface area contributed by atoms with E-state index in [-0.39, 0.29) is 23.8 Å². The molecule has 0 saturated heterocycles. The van der Waals surface area contributed by atoms with Crippen LogP contribution in [-0.2, 0) is 38.7 Å². The van der Waals surface area contributed by atoms with E-state index >= 15 is 0 Å². The minimum atomic E-state index is -0.635. The Kier molecular flexibility index (Phi) is 13.5. The minimum absolute atomic E-state index is 0.0349. The van der Waals surface area contributed by atoms with Gasteiger partial charge in [0, 0.05) is 11.0 Å². The van der Waals surface area contributed by atoms with Gasteiger partial charge in [-0.25, -0.2) is 9.78 Å². The summed E-state index contributed by atoms with van der Waals surface area (Å²) in [5, 5.41) is 5.98. The van der Waals surface area contributed by atoms with E-state index in [4.69, 9.17) is 19.2 Å². The molecule has 1 N–H and O–H groups in total. The third kappa shape index (κ3) is 11.3. The Morgan fingerprint density at radius 3 is 2.13 bits per heavy atom. The summed E-state index contributed by atoms with van der Waals surface area (Å²) < 4.78 is 17.2. The monoisotopic (exact) mass is 652 g/mol. The Labute approximate surface area is 282 Å². The lowest BCUT2D eigenvalue weighted by Crippen LogP contribution is -2.42. The van der Waals surface area contributed by atoms with E-state index in [1.165, 1.54) is 11.3 Å². The van der Waals surface area contributed by atoms with Crippen molar-refractivity contribution in [3.05, 3.63) is 135 Å². The average molecular weight is 653 g/mol. The van der Waals surface area contributed by atoms with E-state index in [0.29, 0.717) is 31.8 Å². The lowest BCUT2D eigenvalue weighted by Gasteiger charge is -2.24. The molecule has 2 atom stereocenters. The Morgan fingerprint density at radius 1 is 0.872 bits per heavy atom. The van der Waals surface area contributed by atoms with Gasteiger partial charge in [-0.1, -0.05) is 86.6 Å². The first-order chi connectivity index (χ1) is 22.7. The molecule has 1 aromatic heterocycles. The molecule has 0 aliphatic heterocycles. The SMILES string of the molecule is CCOC(=O)C(C)=CC(C)=Cc1csc([C@H](Cc2ccc(OCc3ccccc3)cc2)NC(=O)C(OCc2ccccc2)C(C)C)n1. The third-order valence-corrected chi connectivity index (χ3v) is 8.30. The van der Waals surface area contributed by atoms with E-state index < -0.39 is 6.10 Å². The lowest BCUT2D eigenvalue weighted by molar-refractivity contribution is -0.138. The molecule has 0 aliphatic carbocycles. The molecule has 1 unspecified atom stereocenters. The Bertz CT molecular complexity index is 1630. The fourth-order valence-electron chi connectivity index (χ4n) is 4.93. The summed E-state index contributed by atoms with van der Waals surface area (Å²) in [5.41, 5.74) is 5.28. The summed E-state index contributed by atoms with van der Waals surface area (Å²) in [7, 11) is 0. The number of nitrogens with zero attached hydrogens (tertiary/aromatic N) is 1. The molecule has 0 spiro atoms. The van der Waals surface area contributed by atoms with Crippen molar-refractivity contribution in [2.45, 2.75) is 66.4 Å². The number of esters is 1. The molecule has 0 saturated carbocycles. The molecular weight excluding hydrogens is 609 g/mol. The van der Waals surface area contributed by atoms with Crippen molar-refractivity contribution in [3.8, 4) is 5.75 Å². The summed E-state index contributed by atoms with van der Waals surface area (Å²) in [6.45, 7) is 10.6. The van der Waals surface area contributed by atoms with Gasteiger partial charge >= 0.3 is 5.97 Å². The molecule has 0 radical (unpaired) electrons. The predicted molar refractivity (Wildman–Crippen MR) is 188 cm³/mol. The third-order valence-electron chi connectivity index (χ3n) is 7.32. The number of hydrogen-bond acceptors (Lipinski definition) is 7. The zero-order valence-corrected chi connectivity index (χ0v) is 28.6. The van der Waals surface area contributed by atoms with Gasteiger partial charge in [-0.3, -0.25) is 4.79 Å². The highest BCUT2D eigenvalue weighted by molar-refractivity contribution is 7.09. The van der Waals surface area contributed by atoms with Crippen molar-refractivity contribution >= 4 is 29.3 Å². The van der Waals surface area contributed by atoms with E-state index in [1.807, 2.05) is 117 Å². The van der Waals surface area contributed by atoms with Crippen molar-refractivity contribution in [3.63, 3.8) is 0 Å². The molecule has 1 amide bonds. The van der Waals surface area contributed by atoms with Crippen molar-refractivity contribution in [1.82, 2.24) is 10.3 Å². The van der Waals surface area contributed by atoms with Crippen molar-refractivity contribution in [1.29, 1.82) is 0 Å². The highest BCUT2D eigenvalue weighted by Gasteiger charge is 2.27. The highest BCUT2D eigenvalue weighted by Crippen LogP contribution is 2.26. The molecule has 246 valence electrons. The van der Waals surface area contributed by atoms with Crippen LogP contribution in [0.25, 0.3) is 6.08 Å². The van der Waals surface area contributed by atoms with Crippen LogP contribution in [0.4, 0.5) is 0 Å². The molecule has 0 bridgehead atoms. The van der Waals surface area contributed by atoms with Gasteiger partial charge in [0.05, 0.1) is 24.9 Å². The summed E-state index contributed by atoms with van der Waals surface area (Å²) in [6.07, 6.45) is 3.60. The standard InChI is InChI=1S/C39H44N2O5S/c1-6-44-39(43)29(5)21-28(4)22-33-26-47-38(40-33)35(41-37(42)36(27(2)3)46-25-32-15-11-8-12-16-32)23-30-17-19-34(20-18-30)45-24-31-13-9-7-10-14-31/h7-22,26-27,35-36H,6,23-25H2,1-5H3,(H,41,42)/t35-,36?/m0/s1. The number of rotatable bonds is 16. The van der Waals surface area contributed by atoms with Crippen LogP contribution in [0.5, 0.6) is 5.75 Å². The van der Waals surface area contributed by atoms with Gasteiger partial charge in [-0.05, 0) is 79.7 Å². The van der Waals surface area contributed by atoms with Gasteiger partial charge < -0.3 is 19.5 Å². The van der Waals surface area contributed by atoms with Crippen LogP contribution in [-0.4, -0.2) is 29.6 Å². The van der Waals surface area contributed by atoms with E-state index in [0.717, 1.165) is 38.7 Å². The number of hydrogen-bond donors (Lipinski definition) is 1. The van der Waals surface area contributed by atoms with Crippen molar-refractivity contribution < 1.29 is 23.8 Å². The molecule has 47 heavy (non-hydrogen) atoms. The van der Waals surface area contributed by atoms with Gasteiger partial charge in [-0.2, -0.15) is 0 Å². The molecule has 4 rings (SSSR count). The first kappa shape index (κ1) is 35.3. The zero-order valence-electron chi connectivity index (χ0n) is 27.8. The Morgan fingerprint density at radius 2 is 1.51 bits per heavy atom. The van der Waals surface area contributed by atoms with Crippen LogP contribution >= 0.6 is 11.3 Å². The number of aromatic nitrogens is 1. The quantitative estimate of drug-likeness (QED) is 0.0745. The van der Waals surface area contributed by atoms with Gasteiger partial charge in [0.2, 0.25) is 5.91 Å². The maximum absolute atomic E-state index is 13.7. The number of allylic oxidation sites excluding steroid dienone is 2. The van der Waals surface area contributed by atoms with E-state index in [9.17, 15) is 9.59 Å². The molecular formula is C39H44N2O5S. The number of carbonyl (C=O) groups is 2. The zero-order chi connectivity index (χ0) is 33.6. The van der Waals surface area contributed by atoms with Gasteiger partial charge in [0.1, 0.15) is 23.5 Å². The summed E-state index contributed by atoms with van der Waals surface area (Å²) in [6, 6.07) is 27.5. The molecule has 4 aromatic rings. The van der Waals surface area contributed by atoms with Crippen LogP contribution < -0.4 is 10.1 Å². The first-order valence-corrected chi connectivity index (χ1v) is 16.8. The van der Waals surface area contributed by atoms with E-state index in [1.54, 1.807) is 19.9 Å². The van der Waals surface area contributed by atoms with E-state index in [2.05, 4.69) is 5.32 Å². The Balaban J connectivity index is 1.52. The number of nitrogens with one attached hydrogen (secondary N) is 1. The fraction of sp³-hybridized carbons (Fsp3) is 0.308. The molecule has 3 aromatic carbocycles. The lowest BCUT2D eigenvalue weighted by atomic mass is 10.0. The molecule has 0 fully saturated rings. The van der Waals surface area contributed by atoms with Crippen LogP contribution in [0.15, 0.2) is 108 Å². The number of ether oxygens (including phenoxy) is 3. The van der Waals surface area contributed by atoms with Crippen LogP contribution in [0.3, 0.4) is 0 Å². The Hall–Kier alpha value is -4.53. The number of amides is 1. The molecule has 1 heterocycles. The molecule has 8 heteroatoms. The maximum Gasteiger partial charge on any atom is 0.333 e. The number of thiazole rings is 1. The van der Waals surface area contributed by atoms with Gasteiger partial charge in [0.25, 0.3) is 0 Å². The summed E-state index contributed by atoms with van der Waals surface area (Å²) in [4.78, 5) is 30.7. The largest absolute Gasteiger partial charge is 0.489 e. The topological polar surface area (TPSA) is 86.8 Å². The average Bonchev–Trinajstić information content (AvgIpc) is 3.53. The first-order valence-electron chi connectivity index (χ1n) is 15.9. The fourth-order valence-corrected chi connectivity index (χ4v) is 5.76. The van der Waals surface area contributed by atoms with Gasteiger partial charge in [-0.15, -0.1) is 11.3 Å². The maximum atomic E-state index is 13.7. The number of benzene rings is 3. The van der Waals surface area contributed by atoms with Crippen LogP contribution in [0.2, 0.25) is 0 Å². The minimum Gasteiger partial charge on any atom is -0.489 e. The second kappa shape index (κ2) is 18.0. The molecule has 0 aliphatic rings. The normalized spacial score (nSPS) is 13.2. The summed E-state index contributed by atoms with van der Waals surface area (Å²) in [5.74, 6) is 0.218. The van der Waals surface area contributed by atoms with Crippen molar-refractivity contribution in [2.24, 2.45) is 5.92 Å². The van der Waals surface area contributed by atoms with Crippen molar-refractivity contribution in [2.75, 3.05) is 6.61 Å². The van der Waals surface area contributed by atoms with Crippen LogP contribution in [0, 0.1) is 5.92 Å². The number of carbonyl (C=O) groups excluding carboxylic acids is 2. The predicted octanol–water partition coefficient (Wildman–Crippen LogP) is 8.28. The summed E-state index contributed by atoms with van der Waals surface area (Å²) >= 11 is 1.49. The van der Waals surface area contributed by atoms with Crippen LogP contribution in [0.1, 0.15) is 68.1 Å². The highest BCUT2D eigenvalue weighted by atomic mass is 32.1. The second-order valence-corrected chi connectivity index (χ2v) is 12.6. The van der Waals surface area contributed by atoms with Gasteiger partial charge in [0.15, 0.2) is 0 Å². The smallest absolute Gasteiger partial charge is 0.333 e. The second-order valence-electron chi connectivity index (χ2n) is 11.7. The molecule has 7 nitrogen and oxygen atoms in total.